The van der Waals surface area contributed by atoms with E-state index in [1.54, 1.807) is 0 Å². The number of hydrogen-bond acceptors (Lipinski definition) is 2. The van der Waals surface area contributed by atoms with Crippen molar-refractivity contribution < 1.29 is 9.59 Å². The fourth-order valence-electron chi connectivity index (χ4n) is 6.59. The van der Waals surface area contributed by atoms with Crippen molar-refractivity contribution in [3.05, 3.63) is 70.8 Å². The minimum atomic E-state index is -0.0609. The van der Waals surface area contributed by atoms with Crippen LogP contribution in [0, 0.1) is 5.92 Å². The van der Waals surface area contributed by atoms with Crippen LogP contribution in [-0.2, 0) is 24.1 Å². The minimum Gasteiger partial charge on any atom is -0.338 e. The molecule has 2 aromatic carbocycles. The maximum atomic E-state index is 13.6. The van der Waals surface area contributed by atoms with Gasteiger partial charge < -0.3 is 15.1 Å². The normalized spacial score (nSPS) is 23.0. The molecule has 192 valence electrons. The lowest BCUT2D eigenvalue weighted by Crippen LogP contribution is -2.61. The van der Waals surface area contributed by atoms with Gasteiger partial charge >= 0.3 is 6.03 Å². The first-order valence-corrected chi connectivity index (χ1v) is 14.2. The number of likely N-dealkylation sites (tertiary alicyclic amines) is 1. The number of piperidine rings is 2. The highest BCUT2D eigenvalue weighted by atomic mass is 16.2. The molecule has 0 unspecified atom stereocenters. The van der Waals surface area contributed by atoms with Crippen molar-refractivity contribution in [1.82, 2.24) is 15.1 Å². The highest BCUT2D eigenvalue weighted by Gasteiger charge is 2.48. The predicted molar refractivity (Wildman–Crippen MR) is 144 cm³/mol. The van der Waals surface area contributed by atoms with Crippen LogP contribution < -0.4 is 5.32 Å². The molecule has 0 aromatic heterocycles. The molecule has 5 nitrogen and oxygen atoms in total. The highest BCUT2D eigenvalue weighted by molar-refractivity contribution is 5.83. The van der Waals surface area contributed by atoms with Gasteiger partial charge in [0.05, 0.1) is 12.0 Å². The summed E-state index contributed by atoms with van der Waals surface area (Å²) in [5, 5.41) is 3.14. The molecule has 5 heteroatoms. The van der Waals surface area contributed by atoms with E-state index in [1.807, 2.05) is 23.1 Å². The third-order valence-corrected chi connectivity index (χ3v) is 8.52. The summed E-state index contributed by atoms with van der Waals surface area (Å²) < 4.78 is 0. The third-order valence-electron chi connectivity index (χ3n) is 8.52. The van der Waals surface area contributed by atoms with Crippen LogP contribution in [0.15, 0.2) is 48.5 Å². The van der Waals surface area contributed by atoms with Gasteiger partial charge in [-0.05, 0) is 67.2 Å². The minimum absolute atomic E-state index is 0.0103. The van der Waals surface area contributed by atoms with E-state index in [0.29, 0.717) is 6.54 Å². The van der Waals surface area contributed by atoms with Gasteiger partial charge in [-0.1, -0.05) is 74.7 Å². The monoisotopic (exact) mass is 487 g/mol. The summed E-state index contributed by atoms with van der Waals surface area (Å²) in [7, 11) is 0. The second-order valence-electron chi connectivity index (χ2n) is 10.9. The topological polar surface area (TPSA) is 52.7 Å². The zero-order valence-corrected chi connectivity index (χ0v) is 21.8. The fraction of sp³-hybridized carbons (Fsp3) is 0.548. The standard InChI is InChI=1S/C31H41N3O2/c1-2-3-4-6-12-24-14-15-26-25(21-24)17-20-33-28(26)22-29-27(30(33)35)13-9-19-34(29)31(36)32-18-16-23-10-7-5-8-11-23/h5,7-8,10-11,14-15,21,27-29H,2-4,6,9,12-13,16-20,22H2,1H3,(H,32,36)/t27-,28+,29-/m0/s1. The molecule has 0 radical (unpaired) electrons. The second kappa shape index (κ2) is 11.5. The molecule has 3 amide bonds. The lowest BCUT2D eigenvalue weighted by molar-refractivity contribution is -0.148. The van der Waals surface area contributed by atoms with Gasteiger partial charge in [-0.25, -0.2) is 4.79 Å². The summed E-state index contributed by atoms with van der Waals surface area (Å²) in [6.07, 6.45) is 10.7. The molecule has 2 saturated heterocycles. The Labute approximate surface area is 216 Å². The molecular weight excluding hydrogens is 446 g/mol. The molecule has 36 heavy (non-hydrogen) atoms. The van der Waals surface area contributed by atoms with Crippen molar-refractivity contribution in [2.75, 3.05) is 19.6 Å². The zero-order chi connectivity index (χ0) is 24.9. The number of fused-ring (bicyclic) bond motifs is 4. The molecule has 3 atom stereocenters. The van der Waals surface area contributed by atoms with Gasteiger partial charge in [0, 0.05) is 25.7 Å². The average Bonchev–Trinajstić information content (AvgIpc) is 2.91. The Morgan fingerprint density at radius 2 is 1.86 bits per heavy atom. The van der Waals surface area contributed by atoms with Crippen LogP contribution in [0.5, 0.6) is 0 Å². The second-order valence-corrected chi connectivity index (χ2v) is 10.9. The van der Waals surface area contributed by atoms with Crippen LogP contribution in [-0.4, -0.2) is 47.4 Å². The number of nitrogens with one attached hydrogen (secondary N) is 1. The Balaban J connectivity index is 1.26. The SMILES string of the molecule is CCCCCCc1ccc2c(c1)CCN1C(=O)[C@H]3CCCN(C(=O)NCCc4ccccc4)[C@H]3C[C@H]21. The molecule has 0 saturated carbocycles. The molecule has 0 spiro atoms. The maximum Gasteiger partial charge on any atom is 0.317 e. The fourth-order valence-corrected chi connectivity index (χ4v) is 6.59. The molecule has 2 aromatic rings. The Morgan fingerprint density at radius 1 is 1.00 bits per heavy atom. The van der Waals surface area contributed by atoms with E-state index < -0.39 is 0 Å². The largest absolute Gasteiger partial charge is 0.338 e. The number of benzene rings is 2. The van der Waals surface area contributed by atoms with E-state index in [2.05, 4.69) is 47.5 Å². The van der Waals surface area contributed by atoms with E-state index in [0.717, 1.165) is 51.6 Å². The van der Waals surface area contributed by atoms with Crippen LogP contribution in [0.2, 0.25) is 0 Å². The van der Waals surface area contributed by atoms with Crippen molar-refractivity contribution in [2.45, 2.75) is 83.2 Å². The van der Waals surface area contributed by atoms with Crippen molar-refractivity contribution >= 4 is 11.9 Å². The lowest BCUT2D eigenvalue weighted by Gasteiger charge is -2.51. The van der Waals surface area contributed by atoms with Crippen LogP contribution in [0.3, 0.4) is 0 Å². The molecule has 0 aliphatic carbocycles. The summed E-state index contributed by atoms with van der Waals surface area (Å²) >= 11 is 0. The first-order chi connectivity index (χ1) is 17.7. The van der Waals surface area contributed by atoms with Crippen molar-refractivity contribution in [3.63, 3.8) is 0 Å². The number of amides is 3. The van der Waals surface area contributed by atoms with Gasteiger partial charge in [-0.3, -0.25) is 4.79 Å². The van der Waals surface area contributed by atoms with Gasteiger partial charge in [-0.2, -0.15) is 0 Å². The Kier molecular flexibility index (Phi) is 7.93. The van der Waals surface area contributed by atoms with E-state index in [1.165, 1.54) is 47.9 Å². The van der Waals surface area contributed by atoms with Gasteiger partial charge in [0.1, 0.15) is 0 Å². The van der Waals surface area contributed by atoms with Crippen molar-refractivity contribution in [3.8, 4) is 0 Å². The van der Waals surface area contributed by atoms with Gasteiger partial charge in [0.2, 0.25) is 5.91 Å². The smallest absolute Gasteiger partial charge is 0.317 e. The number of aryl methyl sites for hydroxylation is 1. The van der Waals surface area contributed by atoms with Crippen LogP contribution in [0.1, 0.15) is 80.2 Å². The summed E-state index contributed by atoms with van der Waals surface area (Å²) in [6, 6.07) is 17.3. The summed E-state index contributed by atoms with van der Waals surface area (Å²) in [4.78, 5) is 30.9. The molecule has 3 heterocycles. The van der Waals surface area contributed by atoms with Crippen LogP contribution >= 0.6 is 0 Å². The van der Waals surface area contributed by atoms with E-state index >= 15 is 0 Å². The Bertz CT molecular complexity index is 1050. The zero-order valence-electron chi connectivity index (χ0n) is 21.8. The van der Waals surface area contributed by atoms with Crippen molar-refractivity contribution in [2.24, 2.45) is 5.92 Å². The molecule has 5 rings (SSSR count). The molecule has 3 aliphatic rings. The highest BCUT2D eigenvalue weighted by Crippen LogP contribution is 2.43. The van der Waals surface area contributed by atoms with Crippen LogP contribution in [0.25, 0.3) is 0 Å². The molecule has 0 bridgehead atoms. The Morgan fingerprint density at radius 3 is 2.69 bits per heavy atom. The maximum absolute atomic E-state index is 13.6. The first-order valence-electron chi connectivity index (χ1n) is 14.2. The summed E-state index contributed by atoms with van der Waals surface area (Å²) in [5.74, 6) is 0.196. The number of nitrogens with zero attached hydrogens (tertiary/aromatic N) is 2. The predicted octanol–water partition coefficient (Wildman–Crippen LogP) is 5.67. The molecular formula is C31H41N3O2. The number of carbonyl (C=O) groups is 2. The lowest BCUT2D eigenvalue weighted by atomic mass is 9.76. The molecule has 2 fully saturated rings. The van der Waals surface area contributed by atoms with Crippen LogP contribution in [0.4, 0.5) is 4.79 Å². The summed E-state index contributed by atoms with van der Waals surface area (Å²) in [6.45, 7) is 4.41. The number of urea groups is 1. The van der Waals surface area contributed by atoms with Gasteiger partial charge in [0.15, 0.2) is 0 Å². The van der Waals surface area contributed by atoms with Crippen molar-refractivity contribution in [1.29, 1.82) is 0 Å². The third kappa shape index (κ3) is 5.30. The van der Waals surface area contributed by atoms with E-state index in [-0.39, 0.29) is 29.9 Å². The molecule has 3 aliphatic heterocycles. The Hall–Kier alpha value is -2.82. The van der Waals surface area contributed by atoms with Gasteiger partial charge in [-0.15, -0.1) is 0 Å². The summed E-state index contributed by atoms with van der Waals surface area (Å²) in [5.41, 5.74) is 5.36. The average molecular weight is 488 g/mol. The number of unbranched alkanes of at least 4 members (excludes halogenated alkanes) is 3. The number of rotatable bonds is 8. The number of carbonyl (C=O) groups excluding carboxylic acids is 2. The first kappa shape index (κ1) is 24.9. The molecule has 1 N–H and O–H groups in total. The van der Waals surface area contributed by atoms with E-state index in [4.69, 9.17) is 0 Å². The van der Waals surface area contributed by atoms with E-state index in [9.17, 15) is 9.59 Å². The quantitative estimate of drug-likeness (QED) is 0.488. The number of hydrogen-bond donors (Lipinski definition) is 1. The van der Waals surface area contributed by atoms with Gasteiger partial charge in [0.25, 0.3) is 0 Å².